The smallest absolute Gasteiger partial charge is 0.326 e. The van der Waals surface area contributed by atoms with E-state index in [1.54, 1.807) is 29.2 Å². The lowest BCUT2D eigenvalue weighted by Crippen LogP contribution is -2.37. The molecule has 0 unspecified atom stereocenters. The number of nitrogens with one attached hydrogen (secondary N) is 3. The first-order valence-corrected chi connectivity index (χ1v) is 14.4. The summed E-state index contributed by atoms with van der Waals surface area (Å²) in [6.45, 7) is -0.282. The van der Waals surface area contributed by atoms with E-state index in [2.05, 4.69) is 42.3 Å². The molecule has 47 heavy (non-hydrogen) atoms. The van der Waals surface area contributed by atoms with Crippen LogP contribution in [0.1, 0.15) is 58.3 Å². The van der Waals surface area contributed by atoms with Crippen molar-refractivity contribution >= 4 is 34.8 Å². The van der Waals surface area contributed by atoms with Gasteiger partial charge in [0, 0.05) is 16.9 Å². The standard InChI is InChI=1S/C31H29F6N9O/c32-30(33,34)23-14-24(31(35,36)37)16-25(15-23)40-29(39-18-38)46(26-12-10-21(11-13-26)20-4-2-1-3-5-20)17-19-6-8-22(9-7-19)27(47)41-28-42-44-45-43-28/h4,6-16H,1-3,5,17-18,38H2,(H,39,40)(H2,41,42,43,44,45,47). The van der Waals surface area contributed by atoms with Gasteiger partial charge in [0.2, 0.25) is 5.96 Å². The van der Waals surface area contributed by atoms with Crippen molar-refractivity contribution in [2.45, 2.75) is 44.6 Å². The van der Waals surface area contributed by atoms with Crippen molar-refractivity contribution < 1.29 is 31.1 Å². The van der Waals surface area contributed by atoms with Crippen LogP contribution in [0.4, 0.5) is 43.7 Å². The predicted octanol–water partition coefficient (Wildman–Crippen LogP) is 6.84. The quantitative estimate of drug-likeness (QED) is 0.0926. The summed E-state index contributed by atoms with van der Waals surface area (Å²) in [4.78, 5) is 18.4. The fraction of sp³-hybridized carbons (Fsp3) is 0.258. The van der Waals surface area contributed by atoms with Gasteiger partial charge in [-0.25, -0.2) is 4.99 Å². The number of aliphatic imine (C=N–C) groups is 1. The van der Waals surface area contributed by atoms with E-state index >= 15 is 0 Å². The largest absolute Gasteiger partial charge is 0.416 e. The van der Waals surface area contributed by atoms with Crippen LogP contribution in [0.15, 0.2) is 77.8 Å². The number of hydrogen-bond donors (Lipinski definition) is 4. The number of carbonyl (C=O) groups excluding carboxylic acids is 1. The fourth-order valence-corrected chi connectivity index (χ4v) is 5.01. The minimum atomic E-state index is -5.04. The Kier molecular flexibility index (Phi) is 9.89. The number of halogens is 6. The molecular formula is C31H29F6N9O. The number of carbonyl (C=O) groups is 1. The SMILES string of the molecule is NC/N=C(/Nc1cc(C(F)(F)F)cc(C(F)(F)F)c1)N(Cc1ccc(C(=O)Nc2nn[nH]n2)cc1)c1ccc(C2=CCCCC2)cc1. The Morgan fingerprint density at radius 1 is 0.915 bits per heavy atom. The van der Waals surface area contributed by atoms with Gasteiger partial charge in [-0.1, -0.05) is 35.4 Å². The van der Waals surface area contributed by atoms with Crippen molar-refractivity contribution in [1.82, 2.24) is 20.6 Å². The highest BCUT2D eigenvalue weighted by Gasteiger charge is 2.37. The van der Waals surface area contributed by atoms with E-state index in [1.165, 1.54) is 17.7 Å². The molecule has 10 nitrogen and oxygen atoms in total. The van der Waals surface area contributed by atoms with Crippen LogP contribution in [0.25, 0.3) is 5.57 Å². The number of tetrazole rings is 1. The van der Waals surface area contributed by atoms with Crippen molar-refractivity contribution in [3.8, 4) is 0 Å². The van der Waals surface area contributed by atoms with E-state index in [9.17, 15) is 31.1 Å². The van der Waals surface area contributed by atoms with Gasteiger partial charge in [-0.2, -0.15) is 31.6 Å². The minimum absolute atomic E-state index is 0.0188. The maximum atomic E-state index is 13.6. The van der Waals surface area contributed by atoms with E-state index in [1.807, 2.05) is 12.1 Å². The average molecular weight is 658 g/mol. The topological polar surface area (TPSA) is 137 Å². The van der Waals surface area contributed by atoms with Crippen molar-refractivity contribution in [3.05, 3.63) is 101 Å². The van der Waals surface area contributed by atoms with Gasteiger partial charge in [0.1, 0.15) is 0 Å². The van der Waals surface area contributed by atoms with Crippen LogP contribution < -0.4 is 21.3 Å². The molecule has 0 aliphatic heterocycles. The van der Waals surface area contributed by atoms with Crippen LogP contribution in [0.2, 0.25) is 0 Å². The first kappa shape index (κ1) is 33.1. The van der Waals surface area contributed by atoms with Crippen LogP contribution >= 0.6 is 0 Å². The number of nitrogens with zero attached hydrogens (tertiary/aromatic N) is 5. The first-order valence-electron chi connectivity index (χ1n) is 14.4. The number of aromatic amines is 1. The summed E-state index contributed by atoms with van der Waals surface area (Å²) < 4.78 is 81.7. The number of allylic oxidation sites excluding steroid dienone is 2. The fourth-order valence-electron chi connectivity index (χ4n) is 5.01. The van der Waals surface area contributed by atoms with Crippen LogP contribution in [0.5, 0.6) is 0 Å². The maximum Gasteiger partial charge on any atom is 0.416 e. The third-order valence-corrected chi connectivity index (χ3v) is 7.31. The third-order valence-electron chi connectivity index (χ3n) is 7.31. The van der Waals surface area contributed by atoms with Crippen LogP contribution in [0, 0.1) is 0 Å². The average Bonchev–Trinajstić information content (AvgIpc) is 3.56. The number of anilines is 3. The van der Waals surface area contributed by atoms with E-state index < -0.39 is 35.1 Å². The Morgan fingerprint density at radius 3 is 2.15 bits per heavy atom. The van der Waals surface area contributed by atoms with Crippen molar-refractivity contribution in [2.24, 2.45) is 10.7 Å². The van der Waals surface area contributed by atoms with Gasteiger partial charge in [-0.05, 0) is 90.1 Å². The van der Waals surface area contributed by atoms with Crippen LogP contribution in [-0.2, 0) is 18.9 Å². The van der Waals surface area contributed by atoms with Gasteiger partial charge in [0.25, 0.3) is 11.9 Å². The third kappa shape index (κ3) is 8.52. The number of aromatic nitrogens is 4. The summed E-state index contributed by atoms with van der Waals surface area (Å²) in [5, 5.41) is 18.1. The number of amides is 1. The Hall–Kier alpha value is -5.25. The van der Waals surface area contributed by atoms with Crippen LogP contribution in [0.3, 0.4) is 0 Å². The zero-order chi connectivity index (χ0) is 33.6. The Morgan fingerprint density at radius 2 is 1.60 bits per heavy atom. The molecule has 3 aromatic carbocycles. The first-order chi connectivity index (χ1) is 22.4. The normalized spacial score (nSPS) is 14.0. The molecule has 1 aliphatic carbocycles. The van der Waals surface area contributed by atoms with E-state index in [0.29, 0.717) is 23.4 Å². The van der Waals surface area contributed by atoms with Gasteiger partial charge < -0.3 is 16.0 Å². The molecule has 0 spiro atoms. The van der Waals surface area contributed by atoms with Gasteiger partial charge in [-0.3, -0.25) is 10.1 Å². The monoisotopic (exact) mass is 657 g/mol. The number of benzene rings is 3. The Labute approximate surface area is 264 Å². The molecule has 0 atom stereocenters. The molecule has 1 aromatic heterocycles. The highest BCUT2D eigenvalue weighted by molar-refractivity contribution is 6.06. The lowest BCUT2D eigenvalue weighted by Gasteiger charge is -2.28. The number of hydrogen-bond acceptors (Lipinski definition) is 6. The van der Waals surface area contributed by atoms with Crippen molar-refractivity contribution in [1.29, 1.82) is 0 Å². The molecule has 1 heterocycles. The van der Waals surface area contributed by atoms with Gasteiger partial charge in [0.15, 0.2) is 0 Å². The molecule has 5 rings (SSSR count). The second-order valence-electron chi connectivity index (χ2n) is 10.6. The molecule has 5 N–H and O–H groups in total. The van der Waals surface area contributed by atoms with E-state index in [4.69, 9.17) is 5.73 Å². The molecule has 0 saturated heterocycles. The molecule has 1 aliphatic rings. The van der Waals surface area contributed by atoms with Crippen molar-refractivity contribution in [2.75, 3.05) is 22.2 Å². The zero-order valence-electron chi connectivity index (χ0n) is 24.7. The van der Waals surface area contributed by atoms with E-state index in [0.717, 1.165) is 31.2 Å². The second-order valence-corrected chi connectivity index (χ2v) is 10.6. The summed E-state index contributed by atoms with van der Waals surface area (Å²) >= 11 is 0. The number of alkyl halides is 6. The molecule has 0 saturated carbocycles. The van der Waals surface area contributed by atoms with E-state index in [-0.39, 0.29) is 36.8 Å². The van der Waals surface area contributed by atoms with Crippen molar-refractivity contribution in [3.63, 3.8) is 0 Å². The molecule has 0 radical (unpaired) electrons. The summed E-state index contributed by atoms with van der Waals surface area (Å²) in [7, 11) is 0. The number of guanidine groups is 1. The second kappa shape index (κ2) is 14.0. The van der Waals surface area contributed by atoms with Crippen LogP contribution in [-0.4, -0.2) is 39.2 Å². The van der Waals surface area contributed by atoms with Gasteiger partial charge in [0.05, 0.1) is 24.3 Å². The van der Waals surface area contributed by atoms with Gasteiger partial charge in [-0.15, -0.1) is 5.10 Å². The van der Waals surface area contributed by atoms with Gasteiger partial charge >= 0.3 is 12.4 Å². The molecule has 16 heteroatoms. The summed E-state index contributed by atoms with van der Waals surface area (Å²) in [5.74, 6) is -0.613. The summed E-state index contributed by atoms with van der Waals surface area (Å²) in [6.07, 6.45) is -3.82. The number of H-pyrrole nitrogens is 1. The molecule has 246 valence electrons. The highest BCUT2D eigenvalue weighted by Crippen LogP contribution is 2.38. The molecule has 1 amide bonds. The number of rotatable bonds is 8. The summed E-state index contributed by atoms with van der Waals surface area (Å²) in [5.41, 5.74) is 5.93. The molecule has 4 aromatic rings. The molecule has 0 bridgehead atoms. The molecular weight excluding hydrogens is 628 g/mol. The lowest BCUT2D eigenvalue weighted by atomic mass is 9.93. The predicted molar refractivity (Wildman–Crippen MR) is 164 cm³/mol. The Balaban J connectivity index is 1.49. The lowest BCUT2D eigenvalue weighted by molar-refractivity contribution is -0.143. The molecule has 0 fully saturated rings. The number of nitrogens with two attached hydrogens (primary N) is 1. The zero-order valence-corrected chi connectivity index (χ0v) is 24.7. The Bertz CT molecular complexity index is 1700. The summed E-state index contributed by atoms with van der Waals surface area (Å²) in [6, 6.07) is 15.0. The highest BCUT2D eigenvalue weighted by atomic mass is 19.4. The maximum absolute atomic E-state index is 13.6. The minimum Gasteiger partial charge on any atom is -0.326 e.